The highest BCUT2D eigenvalue weighted by Gasteiger charge is 2.19. The Hall–Kier alpha value is -2.50. The number of aryl methyl sites for hydroxylation is 1. The summed E-state index contributed by atoms with van der Waals surface area (Å²) in [5.74, 6) is 0.734. The van der Waals surface area contributed by atoms with Crippen LogP contribution < -0.4 is 10.9 Å². The fourth-order valence-electron chi connectivity index (χ4n) is 3.15. The third-order valence-electron chi connectivity index (χ3n) is 4.48. The third kappa shape index (κ3) is 3.69. The van der Waals surface area contributed by atoms with Crippen LogP contribution in [0.1, 0.15) is 30.8 Å². The lowest BCUT2D eigenvalue weighted by molar-refractivity contribution is 0.194. The van der Waals surface area contributed by atoms with Gasteiger partial charge in [-0.2, -0.15) is 0 Å². The summed E-state index contributed by atoms with van der Waals surface area (Å²) in [6.45, 7) is 5.42. The summed E-state index contributed by atoms with van der Waals surface area (Å²) in [4.78, 5) is 18.1. The van der Waals surface area contributed by atoms with Crippen LogP contribution in [0.25, 0.3) is 16.6 Å². The van der Waals surface area contributed by atoms with Crippen LogP contribution in [0.5, 0.6) is 0 Å². The van der Waals surface area contributed by atoms with Gasteiger partial charge < -0.3 is 10.1 Å². The Morgan fingerprint density at radius 2 is 2.00 bits per heavy atom. The van der Waals surface area contributed by atoms with Crippen LogP contribution in [-0.4, -0.2) is 29.8 Å². The van der Waals surface area contributed by atoms with E-state index in [2.05, 4.69) is 12.2 Å². The number of nitrogens with zero attached hydrogens (tertiary/aromatic N) is 2. The lowest BCUT2D eigenvalue weighted by Crippen LogP contribution is -2.32. The molecule has 0 aliphatic carbocycles. The number of ether oxygens (including phenoxy) is 1. The number of aromatic nitrogens is 2. The average Bonchev–Trinajstić information content (AvgIpc) is 2.65. The van der Waals surface area contributed by atoms with Crippen LogP contribution in [0.4, 0.5) is 0 Å². The fourth-order valence-corrected chi connectivity index (χ4v) is 3.15. The SMILES string of the molecule is CC[C@H](NCCOC)c1nc2ccccc2c(=O)n1-c1cccc(C)c1. The predicted octanol–water partition coefficient (Wildman–Crippen LogP) is 3.38. The minimum absolute atomic E-state index is 0.0387. The molecule has 3 aromatic rings. The van der Waals surface area contributed by atoms with Crippen molar-refractivity contribution < 1.29 is 4.74 Å². The van der Waals surface area contributed by atoms with E-state index in [9.17, 15) is 4.79 Å². The molecule has 0 aliphatic rings. The van der Waals surface area contributed by atoms with Crippen molar-refractivity contribution in [2.75, 3.05) is 20.3 Å². The Labute approximate surface area is 153 Å². The van der Waals surface area contributed by atoms with Crippen LogP contribution in [0.3, 0.4) is 0 Å². The van der Waals surface area contributed by atoms with Gasteiger partial charge >= 0.3 is 0 Å². The summed E-state index contributed by atoms with van der Waals surface area (Å²) in [7, 11) is 1.68. The molecule has 1 N–H and O–H groups in total. The molecule has 0 spiro atoms. The van der Waals surface area contributed by atoms with Crippen LogP contribution in [0.15, 0.2) is 53.3 Å². The van der Waals surface area contributed by atoms with Crippen molar-refractivity contribution in [3.05, 3.63) is 70.3 Å². The Morgan fingerprint density at radius 3 is 2.73 bits per heavy atom. The molecule has 0 unspecified atom stereocenters. The van der Waals surface area contributed by atoms with Gasteiger partial charge in [0, 0.05) is 13.7 Å². The van der Waals surface area contributed by atoms with Gasteiger partial charge in [-0.3, -0.25) is 9.36 Å². The van der Waals surface area contributed by atoms with Gasteiger partial charge in [-0.25, -0.2) is 4.98 Å². The molecular weight excluding hydrogens is 326 g/mol. The Bertz CT molecular complexity index is 949. The summed E-state index contributed by atoms with van der Waals surface area (Å²) >= 11 is 0. The third-order valence-corrected chi connectivity index (χ3v) is 4.48. The number of benzene rings is 2. The van der Waals surface area contributed by atoms with Crippen molar-refractivity contribution in [2.45, 2.75) is 26.3 Å². The molecule has 0 bridgehead atoms. The van der Waals surface area contributed by atoms with Gasteiger partial charge in [0.25, 0.3) is 5.56 Å². The highest BCUT2D eigenvalue weighted by atomic mass is 16.5. The molecule has 0 amide bonds. The second-order valence-electron chi connectivity index (χ2n) is 6.37. The number of fused-ring (bicyclic) bond motifs is 1. The molecular formula is C21H25N3O2. The largest absolute Gasteiger partial charge is 0.383 e. The number of methoxy groups -OCH3 is 1. The van der Waals surface area contributed by atoms with Crippen LogP contribution in [0.2, 0.25) is 0 Å². The topological polar surface area (TPSA) is 56.1 Å². The van der Waals surface area contributed by atoms with E-state index >= 15 is 0 Å². The summed E-state index contributed by atoms with van der Waals surface area (Å²) in [5.41, 5.74) is 2.63. The van der Waals surface area contributed by atoms with Gasteiger partial charge in [0.05, 0.1) is 29.2 Å². The van der Waals surface area contributed by atoms with Gasteiger partial charge in [-0.05, 0) is 43.2 Å². The maximum absolute atomic E-state index is 13.3. The molecule has 3 rings (SSSR count). The number of para-hydroxylation sites is 1. The van der Waals surface area contributed by atoms with Crippen molar-refractivity contribution in [3.8, 4) is 5.69 Å². The van der Waals surface area contributed by atoms with Gasteiger partial charge in [0.1, 0.15) is 5.82 Å². The molecule has 5 nitrogen and oxygen atoms in total. The quantitative estimate of drug-likeness (QED) is 0.663. The van der Waals surface area contributed by atoms with Crippen LogP contribution in [-0.2, 0) is 4.74 Å². The minimum atomic E-state index is -0.0389. The first-order valence-corrected chi connectivity index (χ1v) is 8.96. The second-order valence-corrected chi connectivity index (χ2v) is 6.37. The number of nitrogens with one attached hydrogen (secondary N) is 1. The predicted molar refractivity (Wildman–Crippen MR) is 105 cm³/mol. The standard InChI is InChI=1S/C21H25N3O2/c1-4-18(22-12-13-26-3)20-23-19-11-6-5-10-17(19)21(25)24(20)16-9-7-8-15(2)14-16/h5-11,14,18,22H,4,12-13H2,1-3H3/t18-/m0/s1. The lowest BCUT2D eigenvalue weighted by atomic mass is 10.1. The van der Waals surface area contributed by atoms with E-state index in [1.807, 2.05) is 55.5 Å². The zero-order chi connectivity index (χ0) is 18.5. The summed E-state index contributed by atoms with van der Waals surface area (Å²) < 4.78 is 6.89. The molecule has 1 atom stereocenters. The van der Waals surface area contributed by atoms with E-state index in [1.54, 1.807) is 11.7 Å². The van der Waals surface area contributed by atoms with E-state index < -0.39 is 0 Å². The number of rotatable bonds is 7. The lowest BCUT2D eigenvalue weighted by Gasteiger charge is -2.22. The van der Waals surface area contributed by atoms with Crippen molar-refractivity contribution in [1.29, 1.82) is 0 Å². The first kappa shape index (κ1) is 18.3. The van der Waals surface area contributed by atoms with Crippen molar-refractivity contribution in [1.82, 2.24) is 14.9 Å². The number of hydrogen-bond donors (Lipinski definition) is 1. The Kier molecular flexibility index (Phi) is 5.81. The van der Waals surface area contributed by atoms with E-state index in [1.165, 1.54) is 0 Å². The maximum atomic E-state index is 13.3. The molecule has 0 radical (unpaired) electrons. The zero-order valence-corrected chi connectivity index (χ0v) is 15.5. The highest BCUT2D eigenvalue weighted by Crippen LogP contribution is 2.20. The van der Waals surface area contributed by atoms with E-state index in [0.717, 1.165) is 29.0 Å². The normalized spacial score (nSPS) is 12.4. The highest BCUT2D eigenvalue weighted by molar-refractivity contribution is 5.77. The molecule has 5 heteroatoms. The van der Waals surface area contributed by atoms with Gasteiger partial charge in [0.15, 0.2) is 0 Å². The van der Waals surface area contributed by atoms with Crippen LogP contribution >= 0.6 is 0 Å². The monoisotopic (exact) mass is 351 g/mol. The molecule has 1 heterocycles. The van der Waals surface area contributed by atoms with Crippen molar-refractivity contribution in [3.63, 3.8) is 0 Å². The van der Waals surface area contributed by atoms with Gasteiger partial charge in [-0.15, -0.1) is 0 Å². The fraction of sp³-hybridized carbons (Fsp3) is 0.333. The molecule has 1 aromatic heterocycles. The number of hydrogen-bond acceptors (Lipinski definition) is 4. The molecule has 0 saturated heterocycles. The van der Waals surface area contributed by atoms with Crippen molar-refractivity contribution in [2.24, 2.45) is 0 Å². The Balaban J connectivity index is 2.22. The van der Waals surface area contributed by atoms with Crippen molar-refractivity contribution >= 4 is 10.9 Å². The van der Waals surface area contributed by atoms with E-state index in [4.69, 9.17) is 9.72 Å². The minimum Gasteiger partial charge on any atom is -0.383 e. The molecule has 136 valence electrons. The first-order chi connectivity index (χ1) is 12.7. The molecule has 0 aliphatic heterocycles. The second kappa shape index (κ2) is 8.25. The van der Waals surface area contributed by atoms with Gasteiger partial charge in [-0.1, -0.05) is 31.2 Å². The molecule has 2 aromatic carbocycles. The molecule has 26 heavy (non-hydrogen) atoms. The van der Waals surface area contributed by atoms with E-state index in [0.29, 0.717) is 18.5 Å². The van der Waals surface area contributed by atoms with Crippen LogP contribution in [0, 0.1) is 6.92 Å². The van der Waals surface area contributed by atoms with Gasteiger partial charge in [0.2, 0.25) is 0 Å². The molecule has 0 saturated carbocycles. The first-order valence-electron chi connectivity index (χ1n) is 8.96. The molecule has 0 fully saturated rings. The summed E-state index contributed by atoms with van der Waals surface area (Å²) in [6.07, 6.45) is 0.820. The van der Waals surface area contributed by atoms with E-state index in [-0.39, 0.29) is 11.6 Å². The summed E-state index contributed by atoms with van der Waals surface area (Å²) in [5, 5.41) is 4.09. The average molecular weight is 351 g/mol. The maximum Gasteiger partial charge on any atom is 0.266 e. The zero-order valence-electron chi connectivity index (χ0n) is 15.5. The Morgan fingerprint density at radius 1 is 1.19 bits per heavy atom. The smallest absolute Gasteiger partial charge is 0.266 e. The summed E-state index contributed by atoms with van der Waals surface area (Å²) in [6, 6.07) is 15.4.